The topological polar surface area (TPSA) is 26.3 Å². The molecule has 0 aromatic heterocycles. The maximum atomic E-state index is 13.7. The maximum absolute atomic E-state index is 13.7. The molecule has 6 heteroatoms. The Morgan fingerprint density at radius 3 is 2.50 bits per heavy atom. The van der Waals surface area contributed by atoms with Crippen LogP contribution in [0.3, 0.4) is 0 Å². The molecule has 2 aromatic carbocycles. The monoisotopic (exact) mass is 376 g/mol. The summed E-state index contributed by atoms with van der Waals surface area (Å²) in [6.45, 7) is 0. The summed E-state index contributed by atoms with van der Waals surface area (Å²) < 4.78 is 19.3. The molecule has 0 amide bonds. The average molecular weight is 378 g/mol. The highest BCUT2D eigenvalue weighted by molar-refractivity contribution is 9.10. The SMILES string of the molecule is COc1cc(Cl)c(C(=O)c2cc(Br)ccc2F)cc1Cl. The van der Waals surface area contributed by atoms with Crippen molar-refractivity contribution in [3.8, 4) is 5.75 Å². The number of rotatable bonds is 3. The van der Waals surface area contributed by atoms with Crippen LogP contribution in [0.25, 0.3) is 0 Å². The summed E-state index contributed by atoms with van der Waals surface area (Å²) in [4.78, 5) is 12.3. The molecule has 0 N–H and O–H groups in total. The fourth-order valence-corrected chi connectivity index (χ4v) is 2.52. The number of ketones is 1. The van der Waals surface area contributed by atoms with Gasteiger partial charge in [0.2, 0.25) is 0 Å². The second-order valence-electron chi connectivity index (χ2n) is 3.92. The van der Waals surface area contributed by atoms with E-state index in [0.29, 0.717) is 10.2 Å². The van der Waals surface area contributed by atoms with Crippen LogP contribution in [-0.2, 0) is 0 Å². The van der Waals surface area contributed by atoms with E-state index in [2.05, 4.69) is 15.9 Å². The van der Waals surface area contributed by atoms with Gasteiger partial charge in [0.25, 0.3) is 0 Å². The van der Waals surface area contributed by atoms with Crippen molar-refractivity contribution < 1.29 is 13.9 Å². The highest BCUT2D eigenvalue weighted by Crippen LogP contribution is 2.32. The van der Waals surface area contributed by atoms with Crippen molar-refractivity contribution in [1.29, 1.82) is 0 Å². The fraction of sp³-hybridized carbons (Fsp3) is 0.0714. The average Bonchev–Trinajstić information content (AvgIpc) is 2.42. The Morgan fingerprint density at radius 1 is 1.15 bits per heavy atom. The van der Waals surface area contributed by atoms with Crippen molar-refractivity contribution in [1.82, 2.24) is 0 Å². The van der Waals surface area contributed by atoms with Crippen LogP contribution in [-0.4, -0.2) is 12.9 Å². The Bertz CT molecular complexity index is 689. The molecular formula is C14H8BrCl2FO2. The van der Waals surface area contributed by atoms with E-state index in [0.717, 1.165) is 0 Å². The molecule has 2 rings (SSSR count). The van der Waals surface area contributed by atoms with Crippen LogP contribution >= 0.6 is 39.1 Å². The van der Waals surface area contributed by atoms with Gasteiger partial charge < -0.3 is 4.74 Å². The summed E-state index contributed by atoms with van der Waals surface area (Å²) in [5.41, 5.74) is 0.0389. The van der Waals surface area contributed by atoms with Gasteiger partial charge in [0.15, 0.2) is 5.78 Å². The molecule has 2 nitrogen and oxygen atoms in total. The van der Waals surface area contributed by atoms with E-state index in [9.17, 15) is 9.18 Å². The lowest BCUT2D eigenvalue weighted by molar-refractivity contribution is 0.103. The van der Waals surface area contributed by atoms with Crippen molar-refractivity contribution in [2.75, 3.05) is 7.11 Å². The normalized spacial score (nSPS) is 10.4. The van der Waals surface area contributed by atoms with Gasteiger partial charge in [-0.05, 0) is 24.3 Å². The molecule has 20 heavy (non-hydrogen) atoms. The van der Waals surface area contributed by atoms with Crippen LogP contribution in [0, 0.1) is 5.82 Å². The Morgan fingerprint density at radius 2 is 1.85 bits per heavy atom. The number of hydrogen-bond donors (Lipinski definition) is 0. The van der Waals surface area contributed by atoms with Crippen LogP contribution in [0.15, 0.2) is 34.8 Å². The number of hydrogen-bond acceptors (Lipinski definition) is 2. The van der Waals surface area contributed by atoms with Crippen LogP contribution < -0.4 is 4.74 Å². The van der Waals surface area contributed by atoms with E-state index < -0.39 is 11.6 Å². The van der Waals surface area contributed by atoms with E-state index in [1.54, 1.807) is 0 Å². The third-order valence-corrected chi connectivity index (χ3v) is 3.76. The second kappa shape index (κ2) is 6.12. The van der Waals surface area contributed by atoms with Crippen molar-refractivity contribution in [2.24, 2.45) is 0 Å². The molecule has 0 spiro atoms. The van der Waals surface area contributed by atoms with Gasteiger partial charge in [0.05, 0.1) is 22.7 Å². The number of carbonyl (C=O) groups is 1. The Hall–Kier alpha value is -1.10. The molecule has 104 valence electrons. The van der Waals surface area contributed by atoms with Gasteiger partial charge in [0, 0.05) is 16.1 Å². The van der Waals surface area contributed by atoms with E-state index in [4.69, 9.17) is 27.9 Å². The lowest BCUT2D eigenvalue weighted by atomic mass is 10.0. The molecule has 0 saturated heterocycles. The Labute approximate surface area is 133 Å². The van der Waals surface area contributed by atoms with Gasteiger partial charge in [-0.1, -0.05) is 39.1 Å². The molecule has 0 saturated carbocycles. The zero-order valence-corrected chi connectivity index (χ0v) is 13.3. The molecule has 2 aromatic rings. The number of carbonyl (C=O) groups excluding carboxylic acids is 1. The van der Waals surface area contributed by atoms with E-state index in [1.165, 1.54) is 37.4 Å². The first-order valence-corrected chi connectivity index (χ1v) is 7.01. The molecular weight excluding hydrogens is 370 g/mol. The lowest BCUT2D eigenvalue weighted by Crippen LogP contribution is -2.05. The third-order valence-electron chi connectivity index (χ3n) is 2.66. The quantitative estimate of drug-likeness (QED) is 0.692. The van der Waals surface area contributed by atoms with E-state index in [-0.39, 0.29) is 21.2 Å². The minimum atomic E-state index is -0.624. The van der Waals surface area contributed by atoms with Crippen molar-refractivity contribution in [2.45, 2.75) is 0 Å². The number of ether oxygens (including phenoxy) is 1. The Kier molecular flexibility index (Phi) is 4.68. The second-order valence-corrected chi connectivity index (χ2v) is 5.65. The summed E-state index contributed by atoms with van der Waals surface area (Å²) in [6, 6.07) is 6.90. The van der Waals surface area contributed by atoms with Gasteiger partial charge in [0.1, 0.15) is 11.6 Å². The van der Waals surface area contributed by atoms with Crippen molar-refractivity contribution >= 4 is 44.9 Å². The minimum Gasteiger partial charge on any atom is -0.495 e. The number of methoxy groups -OCH3 is 1. The van der Waals surface area contributed by atoms with Crippen LogP contribution in [0.5, 0.6) is 5.75 Å². The van der Waals surface area contributed by atoms with Gasteiger partial charge in [-0.15, -0.1) is 0 Å². The highest BCUT2D eigenvalue weighted by Gasteiger charge is 2.19. The standard InChI is InChI=1S/C14H8BrCl2FO2/c1-20-13-6-10(16)8(5-11(13)17)14(19)9-4-7(15)2-3-12(9)18/h2-6H,1H3. The predicted molar refractivity (Wildman–Crippen MR) is 80.5 cm³/mol. The molecule has 0 aliphatic carbocycles. The van der Waals surface area contributed by atoms with E-state index in [1.807, 2.05) is 0 Å². The zero-order valence-electron chi connectivity index (χ0n) is 10.2. The van der Waals surface area contributed by atoms with Gasteiger partial charge >= 0.3 is 0 Å². The highest BCUT2D eigenvalue weighted by atomic mass is 79.9. The summed E-state index contributed by atoms with van der Waals surface area (Å²) >= 11 is 15.2. The molecule has 0 unspecified atom stereocenters. The fourth-order valence-electron chi connectivity index (χ4n) is 1.68. The lowest BCUT2D eigenvalue weighted by Gasteiger charge is -2.09. The molecule has 0 bridgehead atoms. The van der Waals surface area contributed by atoms with Crippen LogP contribution in [0.2, 0.25) is 10.0 Å². The maximum Gasteiger partial charge on any atom is 0.197 e. The molecule has 0 fully saturated rings. The van der Waals surface area contributed by atoms with Crippen molar-refractivity contribution in [3.63, 3.8) is 0 Å². The van der Waals surface area contributed by atoms with Gasteiger partial charge in [-0.25, -0.2) is 4.39 Å². The minimum absolute atomic E-state index is 0.0810. The third kappa shape index (κ3) is 2.97. The summed E-state index contributed by atoms with van der Waals surface area (Å²) in [6.07, 6.45) is 0. The largest absolute Gasteiger partial charge is 0.495 e. The first kappa shape index (κ1) is 15.3. The Balaban J connectivity index is 2.54. The predicted octanol–water partition coefficient (Wildman–Crippen LogP) is 5.13. The smallest absolute Gasteiger partial charge is 0.197 e. The molecule has 0 heterocycles. The van der Waals surface area contributed by atoms with Crippen molar-refractivity contribution in [3.05, 3.63) is 61.8 Å². The van der Waals surface area contributed by atoms with Crippen LogP contribution in [0.1, 0.15) is 15.9 Å². The number of halogens is 4. The summed E-state index contributed by atoms with van der Waals surface area (Å²) in [5.74, 6) is -0.817. The van der Waals surface area contributed by atoms with Crippen LogP contribution in [0.4, 0.5) is 4.39 Å². The van der Waals surface area contributed by atoms with Gasteiger partial charge in [-0.2, -0.15) is 0 Å². The summed E-state index contributed by atoms with van der Waals surface area (Å²) in [5, 5.41) is 0.381. The summed E-state index contributed by atoms with van der Waals surface area (Å²) in [7, 11) is 1.44. The number of benzene rings is 2. The van der Waals surface area contributed by atoms with Gasteiger partial charge in [-0.3, -0.25) is 4.79 Å². The first-order chi connectivity index (χ1) is 9.43. The molecule has 0 atom stereocenters. The zero-order chi connectivity index (χ0) is 14.9. The molecule has 0 radical (unpaired) electrons. The first-order valence-electron chi connectivity index (χ1n) is 5.47. The molecule has 0 aliphatic heterocycles. The van der Waals surface area contributed by atoms with E-state index >= 15 is 0 Å². The molecule has 0 aliphatic rings.